The molecule has 2 amide bonds. The number of carbonyl (C=O) groups is 2. The average molecular weight is 500 g/mol. The summed E-state index contributed by atoms with van der Waals surface area (Å²) in [5, 5.41) is 6.12. The molecule has 2 N–H and O–H groups in total. The van der Waals surface area contributed by atoms with Gasteiger partial charge in [-0.25, -0.2) is 0 Å². The van der Waals surface area contributed by atoms with Crippen molar-refractivity contribution in [3.8, 4) is 0 Å². The molecule has 4 rings (SSSR count). The molecule has 37 heavy (non-hydrogen) atoms. The molecule has 1 fully saturated rings. The standard InChI is InChI=1S/C31H37N3O3/c1-2-37-22-12-19-32-30(35)27-23-26(17-18-28(27)34-20-10-5-11-21-34)33-31(36)29(24-13-6-3-7-14-24)25-15-8-4-9-16-25/h3-4,6-9,13-18,23,29H,2,5,10-12,19-22H2,1H3,(H,32,35)(H,33,36). The van der Waals surface area contributed by atoms with Crippen molar-refractivity contribution in [2.75, 3.05) is 43.1 Å². The largest absolute Gasteiger partial charge is 0.382 e. The number of anilines is 2. The number of piperidine rings is 1. The van der Waals surface area contributed by atoms with E-state index in [0.717, 1.165) is 49.2 Å². The van der Waals surface area contributed by atoms with Crippen LogP contribution in [0.2, 0.25) is 0 Å². The first-order valence-electron chi connectivity index (χ1n) is 13.3. The van der Waals surface area contributed by atoms with E-state index in [9.17, 15) is 9.59 Å². The average Bonchev–Trinajstić information content (AvgIpc) is 2.94. The van der Waals surface area contributed by atoms with Crippen molar-refractivity contribution in [3.63, 3.8) is 0 Å². The van der Waals surface area contributed by atoms with Crippen LogP contribution in [0.3, 0.4) is 0 Å². The zero-order chi connectivity index (χ0) is 25.9. The number of ether oxygens (including phenoxy) is 1. The molecule has 194 valence electrons. The molecule has 0 unspecified atom stereocenters. The Kier molecular flexibility index (Phi) is 9.72. The van der Waals surface area contributed by atoms with E-state index < -0.39 is 5.92 Å². The summed E-state index contributed by atoms with van der Waals surface area (Å²) in [6, 6.07) is 25.2. The Morgan fingerprint density at radius 2 is 1.54 bits per heavy atom. The molecule has 0 aromatic heterocycles. The molecule has 1 aliphatic heterocycles. The van der Waals surface area contributed by atoms with Crippen LogP contribution < -0.4 is 15.5 Å². The molecule has 0 spiro atoms. The van der Waals surface area contributed by atoms with E-state index in [4.69, 9.17) is 4.74 Å². The highest BCUT2D eigenvalue weighted by Gasteiger charge is 2.24. The van der Waals surface area contributed by atoms with Crippen LogP contribution in [0.25, 0.3) is 0 Å². The first kappa shape index (κ1) is 26.4. The molecule has 1 aliphatic rings. The predicted octanol–water partition coefficient (Wildman–Crippen LogP) is 5.60. The monoisotopic (exact) mass is 499 g/mol. The third kappa shape index (κ3) is 7.20. The van der Waals surface area contributed by atoms with Crippen molar-refractivity contribution in [1.82, 2.24) is 5.32 Å². The predicted molar refractivity (Wildman–Crippen MR) is 149 cm³/mol. The van der Waals surface area contributed by atoms with Crippen molar-refractivity contribution in [3.05, 3.63) is 95.6 Å². The van der Waals surface area contributed by atoms with E-state index in [-0.39, 0.29) is 11.8 Å². The van der Waals surface area contributed by atoms with Gasteiger partial charge >= 0.3 is 0 Å². The first-order valence-corrected chi connectivity index (χ1v) is 13.3. The number of benzene rings is 3. The lowest BCUT2D eigenvalue weighted by atomic mass is 9.90. The molecule has 0 saturated carbocycles. The second-order valence-electron chi connectivity index (χ2n) is 9.33. The van der Waals surface area contributed by atoms with Crippen molar-refractivity contribution in [2.24, 2.45) is 0 Å². The smallest absolute Gasteiger partial charge is 0.253 e. The number of carbonyl (C=O) groups excluding carboxylic acids is 2. The Bertz CT molecular complexity index is 1110. The van der Waals surface area contributed by atoms with Gasteiger partial charge in [0.1, 0.15) is 0 Å². The molecular weight excluding hydrogens is 462 g/mol. The van der Waals surface area contributed by atoms with Crippen LogP contribution in [0.15, 0.2) is 78.9 Å². The fourth-order valence-electron chi connectivity index (χ4n) is 4.82. The number of amides is 2. The second kappa shape index (κ2) is 13.6. The van der Waals surface area contributed by atoms with E-state index in [1.807, 2.05) is 85.8 Å². The van der Waals surface area contributed by atoms with Gasteiger partial charge in [0, 0.05) is 44.2 Å². The maximum absolute atomic E-state index is 13.6. The maximum Gasteiger partial charge on any atom is 0.253 e. The normalized spacial score (nSPS) is 13.4. The summed E-state index contributed by atoms with van der Waals surface area (Å²) in [6.07, 6.45) is 4.20. The number of nitrogens with one attached hydrogen (secondary N) is 2. The molecule has 6 heteroatoms. The van der Waals surface area contributed by atoms with E-state index in [2.05, 4.69) is 15.5 Å². The Morgan fingerprint density at radius 1 is 0.892 bits per heavy atom. The van der Waals surface area contributed by atoms with Crippen LogP contribution >= 0.6 is 0 Å². The van der Waals surface area contributed by atoms with Crippen LogP contribution in [-0.4, -0.2) is 44.7 Å². The summed E-state index contributed by atoms with van der Waals surface area (Å²) in [5.41, 5.74) is 3.96. The molecule has 0 aliphatic carbocycles. The lowest BCUT2D eigenvalue weighted by Gasteiger charge is -2.30. The van der Waals surface area contributed by atoms with Crippen LogP contribution in [0.4, 0.5) is 11.4 Å². The molecule has 1 heterocycles. The molecule has 0 bridgehead atoms. The minimum atomic E-state index is -0.458. The molecule has 0 radical (unpaired) electrons. The van der Waals surface area contributed by atoms with E-state index in [1.54, 1.807) is 0 Å². The van der Waals surface area contributed by atoms with Crippen LogP contribution in [-0.2, 0) is 9.53 Å². The SMILES string of the molecule is CCOCCCNC(=O)c1cc(NC(=O)C(c2ccccc2)c2ccccc2)ccc1N1CCCCC1. The van der Waals surface area contributed by atoms with Crippen molar-refractivity contribution in [1.29, 1.82) is 0 Å². The van der Waals surface area contributed by atoms with E-state index >= 15 is 0 Å². The zero-order valence-electron chi connectivity index (χ0n) is 21.6. The second-order valence-corrected chi connectivity index (χ2v) is 9.33. The number of hydrogen-bond donors (Lipinski definition) is 2. The zero-order valence-corrected chi connectivity index (χ0v) is 21.6. The summed E-state index contributed by atoms with van der Waals surface area (Å²) in [4.78, 5) is 29.2. The van der Waals surface area contributed by atoms with Gasteiger partial charge in [-0.2, -0.15) is 0 Å². The molecule has 1 saturated heterocycles. The minimum absolute atomic E-state index is 0.129. The Hall–Kier alpha value is -3.64. The Morgan fingerprint density at radius 3 is 2.16 bits per heavy atom. The van der Waals surface area contributed by atoms with Gasteiger partial charge in [-0.05, 0) is 61.9 Å². The fourth-order valence-corrected chi connectivity index (χ4v) is 4.82. The van der Waals surface area contributed by atoms with Gasteiger partial charge in [0.2, 0.25) is 5.91 Å². The Balaban J connectivity index is 1.57. The van der Waals surface area contributed by atoms with Crippen LogP contribution in [0.1, 0.15) is 60.0 Å². The summed E-state index contributed by atoms with van der Waals surface area (Å²) in [6.45, 7) is 5.65. The first-order chi connectivity index (χ1) is 18.2. The number of rotatable bonds is 11. The third-order valence-electron chi connectivity index (χ3n) is 6.69. The van der Waals surface area contributed by atoms with Crippen molar-refractivity contribution in [2.45, 2.75) is 38.5 Å². The van der Waals surface area contributed by atoms with Gasteiger partial charge in [-0.15, -0.1) is 0 Å². The lowest BCUT2D eigenvalue weighted by molar-refractivity contribution is -0.116. The highest BCUT2D eigenvalue weighted by Crippen LogP contribution is 2.30. The van der Waals surface area contributed by atoms with Gasteiger partial charge in [0.15, 0.2) is 0 Å². The minimum Gasteiger partial charge on any atom is -0.382 e. The quantitative estimate of drug-likeness (QED) is 0.337. The van der Waals surface area contributed by atoms with Crippen molar-refractivity contribution >= 4 is 23.2 Å². The topological polar surface area (TPSA) is 70.7 Å². The third-order valence-corrected chi connectivity index (χ3v) is 6.69. The van der Waals surface area contributed by atoms with Crippen LogP contribution in [0.5, 0.6) is 0 Å². The van der Waals surface area contributed by atoms with Gasteiger partial charge in [0.05, 0.1) is 11.5 Å². The number of hydrogen-bond acceptors (Lipinski definition) is 4. The Labute approximate surface area is 220 Å². The summed E-state index contributed by atoms with van der Waals surface area (Å²) in [7, 11) is 0. The fraction of sp³-hybridized carbons (Fsp3) is 0.355. The lowest BCUT2D eigenvalue weighted by Crippen LogP contribution is -2.33. The van der Waals surface area contributed by atoms with E-state index in [0.29, 0.717) is 31.0 Å². The summed E-state index contributed by atoms with van der Waals surface area (Å²) in [5.74, 6) is -0.720. The summed E-state index contributed by atoms with van der Waals surface area (Å²) < 4.78 is 5.39. The molecule has 3 aromatic rings. The maximum atomic E-state index is 13.6. The molecular formula is C31H37N3O3. The highest BCUT2D eigenvalue weighted by atomic mass is 16.5. The highest BCUT2D eigenvalue weighted by molar-refractivity contribution is 6.03. The molecule has 6 nitrogen and oxygen atoms in total. The summed E-state index contributed by atoms with van der Waals surface area (Å²) >= 11 is 0. The molecule has 3 aromatic carbocycles. The number of nitrogens with zero attached hydrogens (tertiary/aromatic N) is 1. The van der Waals surface area contributed by atoms with Gasteiger partial charge < -0.3 is 20.3 Å². The van der Waals surface area contributed by atoms with Gasteiger partial charge in [0.25, 0.3) is 5.91 Å². The van der Waals surface area contributed by atoms with E-state index in [1.165, 1.54) is 6.42 Å². The van der Waals surface area contributed by atoms with Crippen molar-refractivity contribution < 1.29 is 14.3 Å². The van der Waals surface area contributed by atoms with Gasteiger partial charge in [-0.1, -0.05) is 60.7 Å². The van der Waals surface area contributed by atoms with Crippen LogP contribution in [0, 0.1) is 0 Å². The van der Waals surface area contributed by atoms with Gasteiger partial charge in [-0.3, -0.25) is 9.59 Å². The molecule has 0 atom stereocenters.